The third-order valence-corrected chi connectivity index (χ3v) is 7.21. The number of quaternary nitrogens is 1. The summed E-state index contributed by atoms with van der Waals surface area (Å²) in [6.07, 6.45) is 4.43. The molecular weight excluding hydrogens is 286 g/mol. The van der Waals surface area contributed by atoms with Gasteiger partial charge in [0.25, 0.3) is 0 Å². The monoisotopic (exact) mass is 314 g/mol. The lowest BCUT2D eigenvalue weighted by molar-refractivity contribution is -0.794. The van der Waals surface area contributed by atoms with Crippen LogP contribution in [0.25, 0.3) is 0 Å². The fraction of sp³-hybridized carbons (Fsp3) is 0.875. The summed E-state index contributed by atoms with van der Waals surface area (Å²) < 4.78 is -0.370. The van der Waals surface area contributed by atoms with Crippen LogP contribution in [0.3, 0.4) is 0 Å². The number of likely N-dealkylation sites (tertiary alicyclic amines) is 1. The minimum absolute atomic E-state index is 0.0119. The van der Waals surface area contributed by atoms with E-state index in [4.69, 9.17) is 12.6 Å². The first-order valence-electron chi connectivity index (χ1n) is 8.19. The molecule has 0 aromatic heterocycles. The Morgan fingerprint density at radius 3 is 2.29 bits per heavy atom. The lowest BCUT2D eigenvalue weighted by atomic mass is 9.79. The van der Waals surface area contributed by atoms with Gasteiger partial charge in [0.1, 0.15) is 6.04 Å². The van der Waals surface area contributed by atoms with Crippen LogP contribution in [0, 0.1) is 11.3 Å². The molecule has 3 unspecified atom stereocenters. The van der Waals surface area contributed by atoms with Crippen molar-refractivity contribution in [1.82, 2.24) is 0 Å². The van der Waals surface area contributed by atoms with E-state index in [1.807, 2.05) is 6.92 Å². The zero-order chi connectivity index (χ0) is 15.8. The van der Waals surface area contributed by atoms with Crippen molar-refractivity contribution in [2.24, 2.45) is 11.3 Å². The second-order valence-electron chi connectivity index (χ2n) is 6.86. The predicted octanol–water partition coefficient (Wildman–Crippen LogP) is 3.70. The lowest BCUT2D eigenvalue weighted by Gasteiger charge is -2.36. The molecule has 2 fully saturated rings. The van der Waals surface area contributed by atoms with Crippen molar-refractivity contribution in [3.8, 4) is 0 Å². The molecule has 120 valence electrons. The van der Waals surface area contributed by atoms with Crippen LogP contribution in [0.1, 0.15) is 59.3 Å². The molecule has 0 bridgehead atoms. The first kappa shape index (κ1) is 16.8. The Morgan fingerprint density at radius 2 is 1.90 bits per heavy atom. The van der Waals surface area contributed by atoms with Crippen molar-refractivity contribution in [2.75, 3.05) is 6.54 Å². The van der Waals surface area contributed by atoms with Gasteiger partial charge in [-0.3, -0.25) is 0 Å². The van der Waals surface area contributed by atoms with Crippen molar-refractivity contribution in [2.45, 2.75) is 70.6 Å². The van der Waals surface area contributed by atoms with Crippen LogP contribution < -0.4 is 0 Å². The van der Waals surface area contributed by atoms with Gasteiger partial charge in [-0.2, -0.15) is 21.9 Å². The Hall–Kier alpha value is -0.550. The largest absolute Gasteiger partial charge is 0.521 e. The van der Waals surface area contributed by atoms with Gasteiger partial charge in [-0.15, -0.1) is 0 Å². The Morgan fingerprint density at radius 1 is 1.29 bits per heavy atom. The van der Waals surface area contributed by atoms with Gasteiger partial charge < -0.3 is 5.11 Å². The number of carboxylic acid groups (broad SMARTS) is 1. The van der Waals surface area contributed by atoms with Gasteiger partial charge in [-0.1, -0.05) is 13.8 Å². The van der Waals surface area contributed by atoms with Gasteiger partial charge in [-0.05, 0) is 38.0 Å². The van der Waals surface area contributed by atoms with Gasteiger partial charge in [0, 0.05) is 18.1 Å². The Labute approximate surface area is 132 Å². The summed E-state index contributed by atoms with van der Waals surface area (Å²) in [5.41, 5.74) is 0.0922. The number of thiol groups is 1. The van der Waals surface area contributed by atoms with Gasteiger partial charge >= 0.3 is 12.0 Å². The van der Waals surface area contributed by atoms with E-state index in [0.717, 1.165) is 38.5 Å². The molecule has 1 heterocycles. The Kier molecular flexibility index (Phi) is 4.74. The number of imide groups is 1. The zero-order valence-electron chi connectivity index (χ0n) is 13.3. The number of amides is 2. The minimum Gasteiger partial charge on any atom is -0.435 e. The molecule has 1 aliphatic heterocycles. The molecular formula is C16H28NO3S+. The normalized spacial score (nSPS) is 38.6. The summed E-state index contributed by atoms with van der Waals surface area (Å²) in [4.78, 5) is 25.0. The van der Waals surface area contributed by atoms with Crippen LogP contribution in [0.15, 0.2) is 0 Å². The van der Waals surface area contributed by atoms with Gasteiger partial charge in [0.15, 0.2) is 0 Å². The van der Waals surface area contributed by atoms with E-state index in [9.17, 15) is 14.7 Å². The zero-order valence-corrected chi connectivity index (χ0v) is 14.2. The smallest absolute Gasteiger partial charge is 0.435 e. The fourth-order valence-electron chi connectivity index (χ4n) is 4.53. The van der Waals surface area contributed by atoms with E-state index in [-0.39, 0.29) is 33.0 Å². The molecule has 2 amide bonds. The highest BCUT2D eigenvalue weighted by molar-refractivity contribution is 7.81. The van der Waals surface area contributed by atoms with Gasteiger partial charge in [0.2, 0.25) is 0 Å². The molecule has 5 heteroatoms. The molecule has 1 saturated heterocycles. The number of rotatable bonds is 3. The minimum atomic E-state index is -0.976. The van der Waals surface area contributed by atoms with Crippen LogP contribution in [-0.4, -0.2) is 39.4 Å². The molecule has 4 nitrogen and oxygen atoms in total. The van der Waals surface area contributed by atoms with Crippen LogP contribution in [0.4, 0.5) is 4.79 Å². The maximum absolute atomic E-state index is 13.1. The Balaban J connectivity index is 2.30. The summed E-state index contributed by atoms with van der Waals surface area (Å²) in [6.45, 7) is 6.64. The number of carbonyl (C=O) groups excluding carboxylic acids is 1. The molecule has 21 heavy (non-hydrogen) atoms. The topological polar surface area (TPSA) is 54.4 Å². The van der Waals surface area contributed by atoms with Gasteiger partial charge in [0.05, 0.1) is 12.5 Å². The molecule has 0 aromatic carbocycles. The summed E-state index contributed by atoms with van der Waals surface area (Å²) >= 11 is 4.77. The maximum atomic E-state index is 13.1. The molecule has 1 aliphatic carbocycles. The molecule has 1 N–H and O–H groups in total. The van der Waals surface area contributed by atoms with Gasteiger partial charge in [-0.25, -0.2) is 4.79 Å². The van der Waals surface area contributed by atoms with Crippen molar-refractivity contribution in [3.05, 3.63) is 0 Å². The highest BCUT2D eigenvalue weighted by Gasteiger charge is 2.59. The van der Waals surface area contributed by atoms with E-state index in [2.05, 4.69) is 13.8 Å². The number of carbonyl (C=O) groups is 2. The van der Waals surface area contributed by atoms with E-state index < -0.39 is 6.09 Å². The highest BCUT2D eigenvalue weighted by atomic mass is 32.1. The van der Waals surface area contributed by atoms with E-state index >= 15 is 0 Å². The average Bonchev–Trinajstić information content (AvgIpc) is 3.00. The van der Waals surface area contributed by atoms with E-state index in [1.165, 1.54) is 0 Å². The first-order chi connectivity index (χ1) is 9.85. The van der Waals surface area contributed by atoms with Crippen LogP contribution >= 0.6 is 12.6 Å². The quantitative estimate of drug-likeness (QED) is 0.617. The van der Waals surface area contributed by atoms with E-state index in [1.54, 1.807) is 0 Å². The molecule has 1 saturated carbocycles. The number of nitrogens with zero attached hydrogens (tertiary/aromatic N) is 1. The highest BCUT2D eigenvalue weighted by Crippen LogP contribution is 2.51. The van der Waals surface area contributed by atoms with Crippen LogP contribution in [0.2, 0.25) is 0 Å². The Bertz CT molecular complexity index is 435. The second-order valence-corrected chi connectivity index (χ2v) is 7.42. The molecule has 0 aromatic rings. The third-order valence-electron chi connectivity index (χ3n) is 6.31. The van der Waals surface area contributed by atoms with Crippen molar-refractivity contribution in [3.63, 3.8) is 0 Å². The standard InChI is InChI=1S/C16H27NO3S/c1-4-16(5-2)9-8-12(13(16)21)14(18)17(15(19)20)10-6-7-11(17)3/h11-13H,4-10H2,1-3H3,(H-,19,20,21)/p+1/t11-,12?,13?,17?/m1/s1. The van der Waals surface area contributed by atoms with Crippen molar-refractivity contribution < 1.29 is 19.2 Å². The predicted molar refractivity (Wildman–Crippen MR) is 85.4 cm³/mol. The summed E-state index contributed by atoms with van der Waals surface area (Å²) in [5.74, 6) is -0.318. The second kappa shape index (κ2) is 5.92. The number of hydrogen-bond donors (Lipinski definition) is 2. The first-order valence-corrected chi connectivity index (χ1v) is 8.71. The van der Waals surface area contributed by atoms with Crippen molar-refractivity contribution in [1.29, 1.82) is 0 Å². The number of hydrogen-bond acceptors (Lipinski definition) is 3. The fourth-order valence-corrected chi connectivity index (χ4v) is 5.31. The summed E-state index contributed by atoms with van der Waals surface area (Å²) in [6, 6.07) is -0.117. The molecule has 4 atom stereocenters. The third kappa shape index (κ3) is 2.33. The summed E-state index contributed by atoms with van der Waals surface area (Å²) in [5, 5.41) is 9.71. The summed E-state index contributed by atoms with van der Waals surface area (Å²) in [7, 11) is 0. The van der Waals surface area contributed by atoms with E-state index in [0.29, 0.717) is 6.54 Å². The molecule has 2 aliphatic rings. The molecule has 2 rings (SSSR count). The van der Waals surface area contributed by atoms with Crippen LogP contribution in [0.5, 0.6) is 0 Å². The maximum Gasteiger partial charge on any atom is 0.521 e. The van der Waals surface area contributed by atoms with Crippen molar-refractivity contribution >= 4 is 24.6 Å². The van der Waals surface area contributed by atoms with Crippen LogP contribution in [-0.2, 0) is 4.79 Å². The lowest BCUT2D eigenvalue weighted by Crippen LogP contribution is -2.61. The molecule has 0 radical (unpaired) electrons. The molecule has 0 spiro atoms. The average molecular weight is 314 g/mol. The SMILES string of the molecule is CCC1(CC)CCC(C(=O)[N+]2(C(=O)O)CCC[C@H]2C)C1S.